The van der Waals surface area contributed by atoms with E-state index in [0.29, 0.717) is 12.2 Å². The van der Waals surface area contributed by atoms with Gasteiger partial charge in [-0.1, -0.05) is 72.8 Å². The fraction of sp³-hybridized carbons (Fsp3) is 0.258. The van der Waals surface area contributed by atoms with E-state index < -0.39 is 11.6 Å². The lowest BCUT2D eigenvalue weighted by molar-refractivity contribution is 0.170. The van der Waals surface area contributed by atoms with Crippen molar-refractivity contribution in [2.24, 2.45) is 11.7 Å². The number of hydrogen-bond acceptors (Lipinski definition) is 4. The van der Waals surface area contributed by atoms with Crippen LogP contribution in [0.5, 0.6) is 5.75 Å². The monoisotopic (exact) mass is 500 g/mol. The second-order valence-electron chi connectivity index (χ2n) is 9.82. The molecule has 0 spiro atoms. The normalized spacial score (nSPS) is 12.9. The second-order valence-corrected chi connectivity index (χ2v) is 9.82. The van der Waals surface area contributed by atoms with Crippen molar-refractivity contribution in [1.29, 1.82) is 5.26 Å². The van der Waals surface area contributed by atoms with Gasteiger partial charge < -0.3 is 15.6 Å². The van der Waals surface area contributed by atoms with E-state index in [1.807, 2.05) is 81.4 Å². The third-order valence-corrected chi connectivity index (χ3v) is 6.27. The lowest BCUT2D eigenvalue weighted by atomic mass is 9.84. The van der Waals surface area contributed by atoms with Gasteiger partial charge in [-0.2, -0.15) is 5.26 Å². The number of aliphatic hydroxyl groups excluding tert-OH is 1. The van der Waals surface area contributed by atoms with Crippen LogP contribution >= 0.6 is 12.4 Å². The number of nitrogens with two attached hydrogens (primary N) is 1. The average Bonchev–Trinajstić information content (AvgIpc) is 2.86. The van der Waals surface area contributed by atoms with Crippen LogP contribution in [0.1, 0.15) is 43.6 Å². The van der Waals surface area contributed by atoms with Crippen LogP contribution in [-0.4, -0.2) is 10.6 Å². The average molecular weight is 501 g/mol. The van der Waals surface area contributed by atoms with Crippen molar-refractivity contribution in [2.45, 2.75) is 45.4 Å². The van der Waals surface area contributed by atoms with Crippen molar-refractivity contribution >= 4 is 23.2 Å². The van der Waals surface area contributed by atoms with Crippen LogP contribution < -0.4 is 10.5 Å². The molecule has 186 valence electrons. The zero-order valence-corrected chi connectivity index (χ0v) is 21.8. The van der Waals surface area contributed by atoms with Gasteiger partial charge in [0.1, 0.15) is 11.9 Å². The molecule has 0 aliphatic carbocycles. The molecule has 4 nitrogen and oxygen atoms in total. The predicted molar refractivity (Wildman–Crippen MR) is 149 cm³/mol. The fourth-order valence-corrected chi connectivity index (χ4v) is 4.60. The van der Waals surface area contributed by atoms with Gasteiger partial charge in [0.2, 0.25) is 0 Å². The molecule has 0 heterocycles. The van der Waals surface area contributed by atoms with Crippen molar-refractivity contribution in [2.75, 3.05) is 0 Å². The van der Waals surface area contributed by atoms with Gasteiger partial charge >= 0.3 is 0 Å². The minimum atomic E-state index is -0.459. The van der Waals surface area contributed by atoms with Crippen LogP contribution in [0.15, 0.2) is 84.9 Å². The molecule has 4 aromatic rings. The quantitative estimate of drug-likeness (QED) is 0.273. The number of halogens is 1. The number of rotatable bonds is 8. The standard InChI is InChI=1S/C31H32N2O2.ClH/c1-21(19-32)30(29-24(18-31(2,3)33)13-12-22-8-4-7-11-28(22)29)35-26-16-14-23(15-17-26)27-10-6-5-9-25(27)20-34;/h4-17,21,30,34H,18,20,33H2,1-3H3;1H. The zero-order chi connectivity index (χ0) is 25.0. The number of aliphatic hydroxyl groups is 1. The van der Waals surface area contributed by atoms with Crippen molar-refractivity contribution < 1.29 is 9.84 Å². The minimum absolute atomic E-state index is 0. The Bertz CT molecular complexity index is 1350. The van der Waals surface area contributed by atoms with E-state index in [-0.39, 0.29) is 24.9 Å². The van der Waals surface area contributed by atoms with Crippen molar-refractivity contribution in [3.63, 3.8) is 0 Å². The van der Waals surface area contributed by atoms with Crippen LogP contribution in [0.25, 0.3) is 21.9 Å². The zero-order valence-electron chi connectivity index (χ0n) is 20.9. The van der Waals surface area contributed by atoms with Crippen molar-refractivity contribution in [3.05, 3.63) is 102 Å². The Labute approximate surface area is 219 Å². The largest absolute Gasteiger partial charge is 0.484 e. The van der Waals surface area contributed by atoms with Crippen LogP contribution in [0.3, 0.4) is 0 Å². The summed E-state index contributed by atoms with van der Waals surface area (Å²) in [6, 6.07) is 30.5. The third-order valence-electron chi connectivity index (χ3n) is 6.27. The highest BCUT2D eigenvalue weighted by Crippen LogP contribution is 2.37. The van der Waals surface area contributed by atoms with Gasteiger partial charge in [0, 0.05) is 11.1 Å². The van der Waals surface area contributed by atoms with Gasteiger partial charge in [0.05, 0.1) is 18.6 Å². The Kier molecular flexibility index (Phi) is 8.76. The molecule has 4 aromatic carbocycles. The molecule has 0 fully saturated rings. The van der Waals surface area contributed by atoms with Crippen LogP contribution in [-0.2, 0) is 13.0 Å². The molecular weight excluding hydrogens is 468 g/mol. The van der Waals surface area contributed by atoms with E-state index in [9.17, 15) is 10.4 Å². The van der Waals surface area contributed by atoms with Crippen LogP contribution in [0.2, 0.25) is 0 Å². The Hall–Kier alpha value is -3.36. The number of nitriles is 1. The molecular formula is C31H33ClN2O2. The first-order valence-corrected chi connectivity index (χ1v) is 12.0. The van der Waals surface area contributed by atoms with Crippen LogP contribution in [0.4, 0.5) is 0 Å². The maximum absolute atomic E-state index is 9.91. The molecule has 5 heteroatoms. The molecule has 0 saturated heterocycles. The smallest absolute Gasteiger partial charge is 0.140 e. The number of benzene rings is 4. The second kappa shape index (κ2) is 11.6. The molecule has 4 rings (SSSR count). The Morgan fingerprint density at radius 1 is 0.917 bits per heavy atom. The molecule has 0 radical (unpaired) electrons. The van der Waals surface area contributed by atoms with Gasteiger partial charge in [-0.15, -0.1) is 12.4 Å². The number of hydrogen-bond donors (Lipinski definition) is 2. The summed E-state index contributed by atoms with van der Waals surface area (Å²) in [6.07, 6.45) is 0.209. The van der Waals surface area contributed by atoms with Gasteiger partial charge in [-0.3, -0.25) is 0 Å². The van der Waals surface area contributed by atoms with E-state index in [4.69, 9.17) is 10.5 Å². The number of nitrogens with zero attached hydrogens (tertiary/aromatic N) is 1. The van der Waals surface area contributed by atoms with E-state index in [0.717, 1.165) is 38.6 Å². The van der Waals surface area contributed by atoms with Gasteiger partial charge in [-0.05, 0) is 72.4 Å². The molecule has 0 bridgehead atoms. The molecule has 3 N–H and O–H groups in total. The maximum atomic E-state index is 9.91. The summed E-state index contributed by atoms with van der Waals surface area (Å²) in [5, 5.41) is 21.8. The summed E-state index contributed by atoms with van der Waals surface area (Å²) in [4.78, 5) is 0. The summed E-state index contributed by atoms with van der Waals surface area (Å²) < 4.78 is 6.55. The first kappa shape index (κ1) is 27.2. The molecule has 2 atom stereocenters. The third kappa shape index (κ3) is 6.06. The SMILES string of the molecule is CC(C#N)C(Oc1ccc(-c2ccccc2CO)cc1)c1c(CC(C)(C)N)ccc2ccccc12.Cl. The Balaban J connectivity index is 0.00000361. The van der Waals surface area contributed by atoms with Crippen molar-refractivity contribution in [1.82, 2.24) is 0 Å². The number of ether oxygens (including phenoxy) is 1. The summed E-state index contributed by atoms with van der Waals surface area (Å²) in [6.45, 7) is 5.91. The van der Waals surface area contributed by atoms with Gasteiger partial charge in [0.25, 0.3) is 0 Å². The Morgan fingerprint density at radius 2 is 1.58 bits per heavy atom. The summed E-state index contributed by atoms with van der Waals surface area (Å²) in [7, 11) is 0. The maximum Gasteiger partial charge on any atom is 0.140 e. The van der Waals surface area contributed by atoms with Gasteiger partial charge in [-0.25, -0.2) is 0 Å². The molecule has 36 heavy (non-hydrogen) atoms. The lowest BCUT2D eigenvalue weighted by Crippen LogP contribution is -2.35. The lowest BCUT2D eigenvalue weighted by Gasteiger charge is -2.28. The minimum Gasteiger partial charge on any atom is -0.484 e. The predicted octanol–water partition coefficient (Wildman–Crippen LogP) is 6.98. The van der Waals surface area contributed by atoms with Crippen molar-refractivity contribution in [3.8, 4) is 22.9 Å². The molecule has 0 amide bonds. The van der Waals surface area contributed by atoms with E-state index in [1.165, 1.54) is 0 Å². The molecule has 0 aromatic heterocycles. The highest BCUT2D eigenvalue weighted by molar-refractivity contribution is 5.87. The summed E-state index contributed by atoms with van der Waals surface area (Å²) in [5.41, 5.74) is 11.0. The first-order chi connectivity index (χ1) is 16.8. The Morgan fingerprint density at radius 3 is 2.25 bits per heavy atom. The van der Waals surface area contributed by atoms with Gasteiger partial charge in [0.15, 0.2) is 0 Å². The van der Waals surface area contributed by atoms with E-state index in [1.54, 1.807) is 0 Å². The highest BCUT2D eigenvalue weighted by atomic mass is 35.5. The summed E-state index contributed by atoms with van der Waals surface area (Å²) >= 11 is 0. The molecule has 2 unspecified atom stereocenters. The fourth-order valence-electron chi connectivity index (χ4n) is 4.60. The molecule has 0 saturated carbocycles. The molecule has 0 aliphatic rings. The molecule has 0 aliphatic heterocycles. The highest BCUT2D eigenvalue weighted by Gasteiger charge is 2.28. The topological polar surface area (TPSA) is 79.3 Å². The first-order valence-electron chi connectivity index (χ1n) is 12.0. The van der Waals surface area contributed by atoms with E-state index >= 15 is 0 Å². The summed E-state index contributed by atoms with van der Waals surface area (Å²) in [5.74, 6) is 0.309. The number of fused-ring (bicyclic) bond motifs is 1. The van der Waals surface area contributed by atoms with Crippen LogP contribution in [0, 0.1) is 17.2 Å². The van der Waals surface area contributed by atoms with E-state index in [2.05, 4.69) is 30.3 Å².